The van der Waals surface area contributed by atoms with Crippen LogP contribution in [0.25, 0.3) is 0 Å². The number of fused-ring (bicyclic) bond motifs is 1. The van der Waals surface area contributed by atoms with Gasteiger partial charge in [-0.25, -0.2) is 0 Å². The summed E-state index contributed by atoms with van der Waals surface area (Å²) in [7, 11) is 0. The van der Waals surface area contributed by atoms with Gasteiger partial charge < -0.3 is 10.6 Å². The molecule has 1 unspecified atom stereocenters. The van der Waals surface area contributed by atoms with Crippen molar-refractivity contribution >= 4 is 17.0 Å². The van der Waals surface area contributed by atoms with Gasteiger partial charge in [-0.1, -0.05) is 25.1 Å². The van der Waals surface area contributed by atoms with Crippen LogP contribution in [-0.4, -0.2) is 6.54 Å². The molecule has 1 aromatic heterocycles. The van der Waals surface area contributed by atoms with E-state index >= 15 is 0 Å². The molecular formula is C17H22N2S. The molecule has 0 radical (unpaired) electrons. The highest BCUT2D eigenvalue weighted by atomic mass is 32.1. The van der Waals surface area contributed by atoms with Crippen molar-refractivity contribution < 1.29 is 0 Å². The van der Waals surface area contributed by atoms with Gasteiger partial charge in [0.25, 0.3) is 0 Å². The summed E-state index contributed by atoms with van der Waals surface area (Å²) in [4.78, 5) is 4.06. The van der Waals surface area contributed by atoms with E-state index in [1.807, 2.05) is 11.3 Å². The van der Waals surface area contributed by atoms with Crippen LogP contribution >= 0.6 is 11.3 Å². The fourth-order valence-corrected chi connectivity index (χ4v) is 4.08. The topological polar surface area (TPSA) is 29.3 Å². The SMILES string of the molecule is CC[C@H](N)c1ccccc1N1CCc2sccc2C1C. The molecule has 0 saturated heterocycles. The summed E-state index contributed by atoms with van der Waals surface area (Å²) < 4.78 is 0. The fourth-order valence-electron chi connectivity index (χ4n) is 3.12. The zero-order chi connectivity index (χ0) is 14.1. The Morgan fingerprint density at radius 3 is 2.95 bits per heavy atom. The van der Waals surface area contributed by atoms with Crippen LogP contribution in [0.4, 0.5) is 5.69 Å². The molecule has 0 fully saturated rings. The fraction of sp³-hybridized carbons (Fsp3) is 0.412. The van der Waals surface area contributed by atoms with Crippen LogP contribution in [0.3, 0.4) is 0 Å². The zero-order valence-electron chi connectivity index (χ0n) is 12.2. The molecule has 2 heterocycles. The van der Waals surface area contributed by atoms with Crippen molar-refractivity contribution in [3.8, 4) is 0 Å². The molecule has 0 bridgehead atoms. The molecule has 0 amide bonds. The first-order valence-corrected chi connectivity index (χ1v) is 8.27. The molecule has 0 spiro atoms. The second kappa shape index (κ2) is 5.58. The van der Waals surface area contributed by atoms with Crippen molar-refractivity contribution in [2.24, 2.45) is 5.73 Å². The molecule has 1 aliphatic heterocycles. The molecule has 3 rings (SSSR count). The maximum Gasteiger partial charge on any atom is 0.0525 e. The summed E-state index contributed by atoms with van der Waals surface area (Å²) in [5.41, 5.74) is 10.4. The van der Waals surface area contributed by atoms with E-state index in [4.69, 9.17) is 5.73 Å². The molecule has 2 nitrogen and oxygen atoms in total. The van der Waals surface area contributed by atoms with Gasteiger partial charge in [0.1, 0.15) is 0 Å². The second-order valence-corrected chi connectivity index (χ2v) is 6.49. The van der Waals surface area contributed by atoms with E-state index in [1.54, 1.807) is 4.88 Å². The summed E-state index contributed by atoms with van der Waals surface area (Å²) in [5, 5.41) is 2.22. The number of benzene rings is 1. The first-order chi connectivity index (χ1) is 9.72. The smallest absolute Gasteiger partial charge is 0.0525 e. The Hall–Kier alpha value is -1.32. The Morgan fingerprint density at radius 1 is 1.35 bits per heavy atom. The number of rotatable bonds is 3. The lowest BCUT2D eigenvalue weighted by Crippen LogP contribution is -2.34. The molecule has 0 aliphatic carbocycles. The van der Waals surface area contributed by atoms with Gasteiger partial charge in [-0.3, -0.25) is 0 Å². The highest BCUT2D eigenvalue weighted by Gasteiger charge is 2.26. The molecule has 2 atom stereocenters. The van der Waals surface area contributed by atoms with Gasteiger partial charge >= 0.3 is 0 Å². The Morgan fingerprint density at radius 2 is 2.15 bits per heavy atom. The summed E-state index contributed by atoms with van der Waals surface area (Å²) >= 11 is 1.89. The lowest BCUT2D eigenvalue weighted by Gasteiger charge is -2.37. The molecule has 1 aromatic carbocycles. The van der Waals surface area contributed by atoms with Gasteiger partial charge in [0.2, 0.25) is 0 Å². The van der Waals surface area contributed by atoms with Crippen LogP contribution in [0.2, 0.25) is 0 Å². The van der Waals surface area contributed by atoms with Gasteiger partial charge in [0.15, 0.2) is 0 Å². The van der Waals surface area contributed by atoms with Crippen molar-refractivity contribution in [3.63, 3.8) is 0 Å². The molecule has 106 valence electrons. The van der Waals surface area contributed by atoms with Crippen molar-refractivity contribution in [2.75, 3.05) is 11.4 Å². The molecule has 0 saturated carbocycles. The zero-order valence-corrected chi connectivity index (χ0v) is 13.0. The molecule has 2 N–H and O–H groups in total. The number of thiophene rings is 1. The number of hydrogen-bond acceptors (Lipinski definition) is 3. The molecule has 1 aliphatic rings. The largest absolute Gasteiger partial charge is 0.364 e. The number of nitrogens with two attached hydrogens (primary N) is 1. The van der Waals surface area contributed by atoms with Gasteiger partial charge in [-0.2, -0.15) is 0 Å². The minimum absolute atomic E-state index is 0.127. The third-order valence-corrected chi connectivity index (χ3v) is 5.36. The van der Waals surface area contributed by atoms with Crippen molar-refractivity contribution in [2.45, 2.75) is 38.8 Å². The first-order valence-electron chi connectivity index (χ1n) is 7.39. The summed E-state index contributed by atoms with van der Waals surface area (Å²) in [6.45, 7) is 5.54. The minimum atomic E-state index is 0.127. The Balaban J connectivity index is 1.98. The summed E-state index contributed by atoms with van der Waals surface area (Å²) in [5.74, 6) is 0. The van der Waals surface area contributed by atoms with Crippen LogP contribution in [0.1, 0.15) is 48.4 Å². The number of para-hydroxylation sites is 1. The summed E-state index contributed by atoms with van der Waals surface area (Å²) in [6.07, 6.45) is 2.12. The lowest BCUT2D eigenvalue weighted by atomic mass is 9.97. The van der Waals surface area contributed by atoms with Crippen LogP contribution in [-0.2, 0) is 6.42 Å². The molecular weight excluding hydrogens is 264 g/mol. The van der Waals surface area contributed by atoms with Gasteiger partial charge in [0, 0.05) is 23.2 Å². The number of nitrogens with zero attached hydrogens (tertiary/aromatic N) is 1. The molecule has 2 aromatic rings. The predicted octanol–water partition coefficient (Wildman–Crippen LogP) is 4.28. The van der Waals surface area contributed by atoms with E-state index in [2.05, 4.69) is 54.5 Å². The summed E-state index contributed by atoms with van der Waals surface area (Å²) in [6, 6.07) is 11.5. The average Bonchev–Trinajstić information content (AvgIpc) is 2.96. The second-order valence-electron chi connectivity index (χ2n) is 5.49. The molecule has 3 heteroatoms. The Kier molecular flexibility index (Phi) is 3.81. The maximum absolute atomic E-state index is 6.30. The average molecular weight is 286 g/mol. The Labute approximate surface area is 125 Å². The number of hydrogen-bond donors (Lipinski definition) is 1. The van der Waals surface area contributed by atoms with Crippen LogP contribution < -0.4 is 10.6 Å². The van der Waals surface area contributed by atoms with Crippen LogP contribution in [0.5, 0.6) is 0 Å². The van der Waals surface area contributed by atoms with Crippen molar-refractivity contribution in [1.29, 1.82) is 0 Å². The van der Waals surface area contributed by atoms with E-state index in [9.17, 15) is 0 Å². The third-order valence-electron chi connectivity index (χ3n) is 4.36. The minimum Gasteiger partial charge on any atom is -0.364 e. The van der Waals surface area contributed by atoms with E-state index in [0.29, 0.717) is 6.04 Å². The van der Waals surface area contributed by atoms with Gasteiger partial charge in [-0.05, 0) is 48.4 Å². The van der Waals surface area contributed by atoms with Gasteiger partial charge in [0.05, 0.1) is 6.04 Å². The third kappa shape index (κ3) is 2.25. The van der Waals surface area contributed by atoms with Crippen LogP contribution in [0, 0.1) is 0 Å². The van der Waals surface area contributed by atoms with E-state index in [0.717, 1.165) is 19.4 Å². The van der Waals surface area contributed by atoms with E-state index < -0.39 is 0 Å². The molecule has 20 heavy (non-hydrogen) atoms. The lowest BCUT2D eigenvalue weighted by molar-refractivity contribution is 0.619. The standard InChI is InChI=1S/C17H22N2S/c1-3-15(18)14-6-4-5-7-16(14)19-10-8-17-13(12(19)2)9-11-20-17/h4-7,9,11-12,15H,3,8,10,18H2,1-2H3/t12?,15-/m0/s1. The normalized spacial score (nSPS) is 19.8. The number of anilines is 1. The Bertz CT molecular complexity index is 590. The monoisotopic (exact) mass is 286 g/mol. The van der Waals surface area contributed by atoms with Crippen molar-refractivity contribution in [1.82, 2.24) is 0 Å². The highest BCUT2D eigenvalue weighted by Crippen LogP contribution is 2.38. The van der Waals surface area contributed by atoms with E-state index in [1.165, 1.54) is 16.8 Å². The van der Waals surface area contributed by atoms with Gasteiger partial charge in [-0.15, -0.1) is 11.3 Å². The highest BCUT2D eigenvalue weighted by molar-refractivity contribution is 7.10. The van der Waals surface area contributed by atoms with Crippen LogP contribution in [0.15, 0.2) is 35.7 Å². The maximum atomic E-state index is 6.30. The first kappa shape index (κ1) is 13.7. The predicted molar refractivity (Wildman–Crippen MR) is 87.4 cm³/mol. The quantitative estimate of drug-likeness (QED) is 0.912. The van der Waals surface area contributed by atoms with Crippen molar-refractivity contribution in [3.05, 3.63) is 51.7 Å². The van der Waals surface area contributed by atoms with E-state index in [-0.39, 0.29) is 6.04 Å².